The van der Waals surface area contributed by atoms with Crippen molar-refractivity contribution in [3.05, 3.63) is 34.6 Å². The molecule has 0 saturated heterocycles. The fraction of sp³-hybridized carbons (Fsp3) is 0.143. The van der Waals surface area contributed by atoms with E-state index in [1.807, 2.05) is 0 Å². The third-order valence-corrected chi connectivity index (χ3v) is 1.53. The lowest BCUT2D eigenvalue weighted by atomic mass is 10.2. The molecule has 14 heavy (non-hydrogen) atoms. The third kappa shape index (κ3) is 1.55. The minimum atomic E-state index is -2.21. The quantitative estimate of drug-likeness (QED) is 0.351. The molecule has 1 aromatic carbocycles. The molecule has 0 spiro atoms. The number of hydrogen-bond donors (Lipinski definition) is 1. The van der Waals surface area contributed by atoms with Crippen molar-refractivity contribution in [3.8, 4) is 0 Å². The van der Waals surface area contributed by atoms with Crippen LogP contribution < -0.4 is 5.90 Å². The van der Waals surface area contributed by atoms with Crippen LogP contribution in [0.4, 0.5) is 22.0 Å². The van der Waals surface area contributed by atoms with E-state index in [-0.39, 0.29) is 0 Å². The van der Waals surface area contributed by atoms with E-state index in [1.54, 1.807) is 0 Å². The zero-order chi connectivity index (χ0) is 10.9. The van der Waals surface area contributed by atoms with E-state index in [0.29, 0.717) is 0 Å². The highest BCUT2D eigenvalue weighted by Crippen LogP contribution is 2.22. The molecular formula is C7H4F5NO. The lowest BCUT2D eigenvalue weighted by molar-refractivity contribution is 0.117. The van der Waals surface area contributed by atoms with Crippen molar-refractivity contribution in [2.75, 3.05) is 0 Å². The van der Waals surface area contributed by atoms with Crippen molar-refractivity contribution < 1.29 is 26.8 Å². The average Bonchev–Trinajstić information content (AvgIpc) is 2.19. The van der Waals surface area contributed by atoms with Gasteiger partial charge in [0.15, 0.2) is 23.3 Å². The first-order valence-electron chi connectivity index (χ1n) is 3.32. The monoisotopic (exact) mass is 213 g/mol. The maximum atomic E-state index is 12.7. The zero-order valence-corrected chi connectivity index (χ0v) is 6.58. The molecule has 2 N–H and O–H groups in total. The Labute approximate surface area is 75.0 Å². The SMILES string of the molecule is NOCc1c(F)c(F)c(F)c(F)c1F. The van der Waals surface area contributed by atoms with Gasteiger partial charge in [0, 0.05) is 0 Å². The molecule has 1 aromatic rings. The van der Waals surface area contributed by atoms with Crippen LogP contribution in [0.2, 0.25) is 0 Å². The first kappa shape index (κ1) is 10.9. The van der Waals surface area contributed by atoms with Crippen LogP contribution in [0.1, 0.15) is 5.56 Å². The highest BCUT2D eigenvalue weighted by molar-refractivity contribution is 5.23. The molecule has 0 amide bonds. The maximum absolute atomic E-state index is 12.7. The molecule has 0 fully saturated rings. The second-order valence-corrected chi connectivity index (χ2v) is 2.36. The molecule has 0 aliphatic rings. The van der Waals surface area contributed by atoms with Crippen LogP contribution in [0.5, 0.6) is 0 Å². The van der Waals surface area contributed by atoms with Crippen molar-refractivity contribution in [1.82, 2.24) is 0 Å². The predicted molar refractivity (Wildman–Crippen MR) is 35.2 cm³/mol. The highest BCUT2D eigenvalue weighted by atomic mass is 19.2. The molecular weight excluding hydrogens is 209 g/mol. The normalized spacial score (nSPS) is 10.7. The largest absolute Gasteiger partial charge is 0.300 e. The van der Waals surface area contributed by atoms with E-state index in [1.165, 1.54) is 0 Å². The summed E-state index contributed by atoms with van der Waals surface area (Å²) in [6, 6.07) is 0. The van der Waals surface area contributed by atoms with Crippen LogP contribution >= 0.6 is 0 Å². The van der Waals surface area contributed by atoms with E-state index in [9.17, 15) is 22.0 Å². The van der Waals surface area contributed by atoms with E-state index in [4.69, 9.17) is 0 Å². The summed E-state index contributed by atoms with van der Waals surface area (Å²) in [4.78, 5) is 3.80. The van der Waals surface area contributed by atoms with Crippen molar-refractivity contribution in [3.63, 3.8) is 0 Å². The van der Waals surface area contributed by atoms with Gasteiger partial charge in [-0.15, -0.1) is 0 Å². The number of rotatable bonds is 2. The number of hydrogen-bond acceptors (Lipinski definition) is 2. The molecule has 2 nitrogen and oxygen atoms in total. The van der Waals surface area contributed by atoms with Gasteiger partial charge in [0.1, 0.15) is 0 Å². The Kier molecular flexibility index (Phi) is 3.02. The van der Waals surface area contributed by atoms with Crippen molar-refractivity contribution in [2.24, 2.45) is 5.90 Å². The first-order valence-corrected chi connectivity index (χ1v) is 3.32. The molecule has 0 unspecified atom stereocenters. The smallest absolute Gasteiger partial charge is 0.200 e. The van der Waals surface area contributed by atoms with Gasteiger partial charge in [-0.25, -0.2) is 27.8 Å². The van der Waals surface area contributed by atoms with Crippen molar-refractivity contribution in [2.45, 2.75) is 6.61 Å². The van der Waals surface area contributed by atoms with E-state index in [0.717, 1.165) is 0 Å². The summed E-state index contributed by atoms with van der Waals surface area (Å²) in [6.45, 7) is -0.897. The van der Waals surface area contributed by atoms with Crippen molar-refractivity contribution >= 4 is 0 Å². The summed E-state index contributed by atoms with van der Waals surface area (Å²) in [5.41, 5.74) is -1.09. The fourth-order valence-corrected chi connectivity index (χ4v) is 0.860. The van der Waals surface area contributed by atoms with Gasteiger partial charge in [-0.1, -0.05) is 0 Å². The molecule has 0 saturated carbocycles. The molecule has 0 aromatic heterocycles. The lowest BCUT2D eigenvalue weighted by Crippen LogP contribution is -2.10. The van der Waals surface area contributed by atoms with E-state index in [2.05, 4.69) is 10.7 Å². The van der Waals surface area contributed by atoms with Crippen LogP contribution in [-0.2, 0) is 11.4 Å². The third-order valence-electron chi connectivity index (χ3n) is 1.53. The van der Waals surface area contributed by atoms with Gasteiger partial charge in [0.05, 0.1) is 12.2 Å². The van der Waals surface area contributed by atoms with Gasteiger partial charge in [0.2, 0.25) is 5.82 Å². The average molecular weight is 213 g/mol. The molecule has 0 bridgehead atoms. The highest BCUT2D eigenvalue weighted by Gasteiger charge is 2.25. The topological polar surface area (TPSA) is 35.2 Å². The van der Waals surface area contributed by atoms with Gasteiger partial charge < -0.3 is 0 Å². The van der Waals surface area contributed by atoms with Gasteiger partial charge in [-0.2, -0.15) is 0 Å². The Morgan fingerprint density at radius 3 is 1.50 bits per heavy atom. The number of benzene rings is 1. The Morgan fingerprint density at radius 1 is 0.786 bits per heavy atom. The Hall–Kier alpha value is -1.21. The Bertz CT molecular complexity index is 339. The van der Waals surface area contributed by atoms with Gasteiger partial charge in [-0.3, -0.25) is 4.84 Å². The molecule has 0 radical (unpaired) electrons. The molecule has 0 aliphatic carbocycles. The summed E-state index contributed by atoms with van der Waals surface area (Å²) >= 11 is 0. The lowest BCUT2D eigenvalue weighted by Gasteiger charge is -2.06. The van der Waals surface area contributed by atoms with Crippen LogP contribution in [0, 0.1) is 29.1 Å². The second-order valence-electron chi connectivity index (χ2n) is 2.36. The van der Waals surface area contributed by atoms with Crippen LogP contribution in [0.3, 0.4) is 0 Å². The van der Waals surface area contributed by atoms with Gasteiger partial charge in [0.25, 0.3) is 0 Å². The number of halogens is 5. The number of nitrogens with two attached hydrogens (primary N) is 1. The molecule has 78 valence electrons. The van der Waals surface area contributed by atoms with Crippen LogP contribution in [0.15, 0.2) is 0 Å². The fourth-order valence-electron chi connectivity index (χ4n) is 0.860. The maximum Gasteiger partial charge on any atom is 0.200 e. The minimum Gasteiger partial charge on any atom is -0.300 e. The van der Waals surface area contributed by atoms with E-state index >= 15 is 0 Å². The molecule has 7 heteroatoms. The standard InChI is InChI=1S/C7H4F5NO/c8-3-2(1-14-13)4(9)6(11)7(12)5(3)10/h1,13H2. The molecule has 1 rings (SSSR count). The minimum absolute atomic E-state index is 0.897. The summed E-state index contributed by atoms with van der Waals surface area (Å²) in [7, 11) is 0. The van der Waals surface area contributed by atoms with Gasteiger partial charge >= 0.3 is 0 Å². The van der Waals surface area contributed by atoms with E-state index < -0.39 is 41.3 Å². The van der Waals surface area contributed by atoms with Crippen LogP contribution in [-0.4, -0.2) is 0 Å². The molecule has 0 heterocycles. The zero-order valence-electron chi connectivity index (χ0n) is 6.58. The summed E-state index contributed by atoms with van der Waals surface area (Å²) in [5, 5.41) is 0. The predicted octanol–water partition coefficient (Wildman–Crippen LogP) is 1.77. The summed E-state index contributed by atoms with van der Waals surface area (Å²) in [5.74, 6) is -5.65. The van der Waals surface area contributed by atoms with Crippen LogP contribution in [0.25, 0.3) is 0 Å². The first-order chi connectivity index (χ1) is 6.50. The van der Waals surface area contributed by atoms with Gasteiger partial charge in [-0.05, 0) is 0 Å². The summed E-state index contributed by atoms with van der Waals surface area (Å²) in [6.07, 6.45) is 0. The Morgan fingerprint density at radius 2 is 1.14 bits per heavy atom. The second kappa shape index (κ2) is 3.89. The summed E-state index contributed by atoms with van der Waals surface area (Å²) < 4.78 is 62.8. The van der Waals surface area contributed by atoms with Crippen molar-refractivity contribution in [1.29, 1.82) is 0 Å². The molecule has 0 atom stereocenters. The molecule has 0 aliphatic heterocycles. The Balaban J connectivity index is 3.43.